The Hall–Kier alpha value is -2.98. The fraction of sp³-hybridized carbons (Fsp3) is 0.364. The van der Waals surface area contributed by atoms with Crippen LogP contribution in [0.25, 0.3) is 10.9 Å². The normalized spacial score (nSPS) is 20.5. The lowest BCUT2D eigenvalue weighted by Crippen LogP contribution is -2.34. The summed E-state index contributed by atoms with van der Waals surface area (Å²) < 4.78 is 5.69. The van der Waals surface area contributed by atoms with E-state index in [4.69, 9.17) is 16.6 Å². The molecule has 1 aromatic rings. The highest BCUT2D eigenvalue weighted by molar-refractivity contribution is 5.68. The van der Waals surface area contributed by atoms with Gasteiger partial charge in [0.25, 0.3) is 5.70 Å². The minimum Gasteiger partial charge on any atom is -0.493 e. The van der Waals surface area contributed by atoms with Crippen LogP contribution in [0.2, 0.25) is 0 Å². The first-order valence-corrected chi connectivity index (χ1v) is 9.22. The van der Waals surface area contributed by atoms with Gasteiger partial charge in [0.05, 0.1) is 19.2 Å². The van der Waals surface area contributed by atoms with Crippen molar-refractivity contribution in [3.05, 3.63) is 69.4 Å². The van der Waals surface area contributed by atoms with Gasteiger partial charge in [0.15, 0.2) is 0 Å². The quantitative estimate of drug-likeness (QED) is 0.590. The van der Waals surface area contributed by atoms with E-state index in [0.29, 0.717) is 13.0 Å². The van der Waals surface area contributed by atoms with Crippen molar-refractivity contribution in [2.24, 2.45) is 0 Å². The predicted molar refractivity (Wildman–Crippen MR) is 102 cm³/mol. The van der Waals surface area contributed by atoms with Crippen molar-refractivity contribution in [3.8, 4) is 6.07 Å². The van der Waals surface area contributed by atoms with Crippen molar-refractivity contribution < 1.29 is 4.74 Å². The zero-order valence-corrected chi connectivity index (χ0v) is 14.8. The number of anilines is 1. The van der Waals surface area contributed by atoms with Crippen LogP contribution in [-0.2, 0) is 17.6 Å². The first-order valence-electron chi connectivity index (χ1n) is 9.22. The Balaban J connectivity index is 1.63. The molecular formula is C22H21N3O. The van der Waals surface area contributed by atoms with Crippen molar-refractivity contribution in [1.29, 1.82) is 5.26 Å². The molecule has 0 saturated heterocycles. The second-order valence-electron chi connectivity index (χ2n) is 6.96. The Morgan fingerprint density at radius 2 is 1.88 bits per heavy atom. The summed E-state index contributed by atoms with van der Waals surface area (Å²) in [4.78, 5) is 5.85. The third kappa shape index (κ3) is 3.11. The molecule has 3 aliphatic heterocycles. The van der Waals surface area contributed by atoms with Gasteiger partial charge in [0.1, 0.15) is 5.76 Å². The topological polar surface area (TPSA) is 40.6 Å². The molecule has 0 aliphatic carbocycles. The molecule has 0 N–H and O–H groups in total. The highest BCUT2D eigenvalue weighted by atomic mass is 16.5. The second kappa shape index (κ2) is 7.10. The number of hydrogen-bond donors (Lipinski definition) is 0. The second-order valence-corrected chi connectivity index (χ2v) is 6.96. The van der Waals surface area contributed by atoms with E-state index in [2.05, 4.69) is 28.0 Å². The number of nitriles is 1. The van der Waals surface area contributed by atoms with Crippen molar-refractivity contribution in [1.82, 2.24) is 0 Å². The molecule has 0 fully saturated rings. The number of aryl methyl sites for hydroxylation is 2. The van der Waals surface area contributed by atoms with Crippen molar-refractivity contribution in [3.63, 3.8) is 0 Å². The highest BCUT2D eigenvalue weighted by Crippen LogP contribution is 2.36. The Bertz CT molecular complexity index is 861. The van der Waals surface area contributed by atoms with Gasteiger partial charge >= 0.3 is 0 Å². The largest absolute Gasteiger partial charge is 0.493 e. The molecule has 4 heteroatoms. The minimum atomic E-state index is 0.164. The Morgan fingerprint density at radius 3 is 2.54 bits per heavy atom. The van der Waals surface area contributed by atoms with Gasteiger partial charge in [0.2, 0.25) is 0 Å². The third-order valence-electron chi connectivity index (χ3n) is 5.27. The van der Waals surface area contributed by atoms with Crippen LogP contribution in [0.4, 0.5) is 5.69 Å². The monoisotopic (exact) mass is 343 g/mol. The van der Waals surface area contributed by atoms with Crippen LogP contribution in [0.15, 0.2) is 41.3 Å². The number of hydrogen-bond acceptors (Lipinski definition) is 3. The molecular weight excluding hydrogens is 322 g/mol. The van der Waals surface area contributed by atoms with E-state index >= 15 is 0 Å². The Labute approximate surface area is 154 Å². The van der Waals surface area contributed by atoms with Crippen LogP contribution in [0, 0.1) is 17.9 Å². The van der Waals surface area contributed by atoms with Crippen LogP contribution in [0.1, 0.15) is 36.0 Å². The van der Waals surface area contributed by atoms with E-state index in [1.165, 1.54) is 48.3 Å². The molecule has 0 aromatic heterocycles. The van der Waals surface area contributed by atoms with Crippen LogP contribution in [-0.4, -0.2) is 19.7 Å². The molecule has 130 valence electrons. The zero-order valence-electron chi connectivity index (χ0n) is 14.8. The van der Waals surface area contributed by atoms with Crippen molar-refractivity contribution in [2.45, 2.75) is 32.1 Å². The fourth-order valence-electron chi connectivity index (χ4n) is 4.12. The van der Waals surface area contributed by atoms with E-state index in [-0.39, 0.29) is 5.70 Å². The average Bonchev–Trinajstić information content (AvgIpc) is 2.68. The van der Waals surface area contributed by atoms with Gasteiger partial charge < -0.3 is 9.64 Å². The van der Waals surface area contributed by atoms with E-state index in [1.807, 2.05) is 18.2 Å². The van der Waals surface area contributed by atoms with E-state index in [0.717, 1.165) is 24.2 Å². The van der Waals surface area contributed by atoms with Crippen LogP contribution in [0.3, 0.4) is 0 Å². The Morgan fingerprint density at radius 1 is 1.15 bits per heavy atom. The smallest absolute Gasteiger partial charge is 0.265 e. The summed E-state index contributed by atoms with van der Waals surface area (Å²) in [6.45, 7) is 9.99. The maximum Gasteiger partial charge on any atom is 0.265 e. The summed E-state index contributed by atoms with van der Waals surface area (Å²) in [6, 6.07) is 6.57. The van der Waals surface area contributed by atoms with Gasteiger partial charge in [-0.1, -0.05) is 6.08 Å². The van der Waals surface area contributed by atoms with Crippen LogP contribution in [0.5, 0.6) is 0 Å². The fourth-order valence-corrected chi connectivity index (χ4v) is 4.12. The highest BCUT2D eigenvalue weighted by Gasteiger charge is 2.23. The number of nitrogens with zero attached hydrogens (tertiary/aromatic N) is 3. The summed E-state index contributed by atoms with van der Waals surface area (Å²) in [5.74, 6) is 0.718. The first-order chi connectivity index (χ1) is 12.8. The molecule has 4 rings (SSSR count). The molecule has 3 aliphatic rings. The maximum absolute atomic E-state index is 9.06. The third-order valence-corrected chi connectivity index (χ3v) is 5.27. The summed E-state index contributed by atoms with van der Waals surface area (Å²) in [6.07, 6.45) is 11.2. The number of benzene rings is 1. The van der Waals surface area contributed by atoms with E-state index < -0.39 is 0 Å². The summed E-state index contributed by atoms with van der Waals surface area (Å²) in [5, 5.41) is 9.06. The molecule has 0 amide bonds. The van der Waals surface area contributed by atoms with Gasteiger partial charge in [-0.2, -0.15) is 0 Å². The molecule has 1 aromatic carbocycles. The van der Waals surface area contributed by atoms with Crippen LogP contribution < -0.4 is 4.90 Å². The molecule has 26 heavy (non-hydrogen) atoms. The Kier molecular flexibility index (Phi) is 4.50. The summed E-state index contributed by atoms with van der Waals surface area (Å²) in [7, 11) is 0. The van der Waals surface area contributed by atoms with Crippen molar-refractivity contribution >= 4 is 11.8 Å². The number of allylic oxidation sites excluding steroid dienone is 3. The van der Waals surface area contributed by atoms with Gasteiger partial charge in [-0.15, -0.1) is 0 Å². The zero-order chi connectivity index (χ0) is 17.9. The summed E-state index contributed by atoms with van der Waals surface area (Å²) >= 11 is 0. The molecule has 3 heterocycles. The van der Waals surface area contributed by atoms with Gasteiger partial charge in [-0.25, -0.2) is 10.1 Å². The number of ether oxygens (including phenoxy) is 1. The lowest BCUT2D eigenvalue weighted by atomic mass is 9.90. The lowest BCUT2D eigenvalue weighted by Gasteiger charge is -2.37. The molecule has 0 saturated carbocycles. The van der Waals surface area contributed by atoms with Gasteiger partial charge in [0, 0.05) is 18.8 Å². The average molecular weight is 343 g/mol. The SMILES string of the molecule is [C-]#[N+]C(C#N)=C1C=C(C=Cc2cc3c4c(c2)CCCN4CCC3)OCC1. The van der Waals surface area contributed by atoms with E-state index in [9.17, 15) is 0 Å². The molecule has 0 atom stereocenters. The van der Waals surface area contributed by atoms with Crippen LogP contribution >= 0.6 is 0 Å². The predicted octanol–water partition coefficient (Wildman–Crippen LogP) is 4.40. The van der Waals surface area contributed by atoms with Gasteiger partial charge in [-0.05, 0) is 78.7 Å². The lowest BCUT2D eigenvalue weighted by molar-refractivity contribution is 0.219. The maximum atomic E-state index is 9.06. The summed E-state index contributed by atoms with van der Waals surface area (Å²) in [5.41, 5.74) is 6.54. The van der Waals surface area contributed by atoms with E-state index in [1.54, 1.807) is 0 Å². The molecule has 0 bridgehead atoms. The molecule has 0 unspecified atom stereocenters. The standard InChI is InChI=1S/C22H21N3O/c1-24-21(15-23)17-8-11-26-20(14-17)7-6-16-12-18-4-2-9-25-10-3-5-19(13-16)22(18)25/h6-7,12-14H,2-5,8-11H2. The van der Waals surface area contributed by atoms with Gasteiger partial charge in [-0.3, -0.25) is 0 Å². The molecule has 4 nitrogen and oxygen atoms in total. The first kappa shape index (κ1) is 16.5. The van der Waals surface area contributed by atoms with Crippen molar-refractivity contribution in [2.75, 3.05) is 24.6 Å². The molecule has 0 spiro atoms. The number of rotatable bonds is 2. The minimum absolute atomic E-state index is 0.164. The molecule has 0 radical (unpaired) electrons.